The van der Waals surface area contributed by atoms with E-state index in [-0.39, 0.29) is 16.5 Å². The molecular weight excluding hydrogens is 532 g/mol. The summed E-state index contributed by atoms with van der Waals surface area (Å²) in [4.78, 5) is 32.2. The van der Waals surface area contributed by atoms with Crippen LogP contribution in [-0.4, -0.2) is 38.6 Å². The Labute approximate surface area is 234 Å². The van der Waals surface area contributed by atoms with Crippen molar-refractivity contribution in [1.82, 2.24) is 15.2 Å². The summed E-state index contributed by atoms with van der Waals surface area (Å²) in [6.07, 6.45) is 4.05. The molecule has 1 atom stereocenters. The number of ketones is 1. The van der Waals surface area contributed by atoms with Gasteiger partial charge in [-0.05, 0) is 54.8 Å². The summed E-state index contributed by atoms with van der Waals surface area (Å²) in [5.41, 5.74) is 3.28. The van der Waals surface area contributed by atoms with Gasteiger partial charge in [0.15, 0.2) is 4.34 Å². The number of hydrogen-bond donors (Lipinski definition) is 1. The van der Waals surface area contributed by atoms with Gasteiger partial charge in [-0.3, -0.25) is 19.5 Å². The number of rotatable bonds is 9. The molecule has 1 N–H and O–H groups in total. The van der Waals surface area contributed by atoms with Crippen LogP contribution in [0.5, 0.6) is 5.75 Å². The highest BCUT2D eigenvalue weighted by molar-refractivity contribution is 8.00. The molecule has 1 aliphatic heterocycles. The fourth-order valence-electron chi connectivity index (χ4n) is 4.15. The van der Waals surface area contributed by atoms with Gasteiger partial charge in [-0.25, -0.2) is 0 Å². The summed E-state index contributed by atoms with van der Waals surface area (Å²) in [6, 6.07) is 17.6. The van der Waals surface area contributed by atoms with Crippen LogP contribution < -0.4 is 9.64 Å². The molecule has 10 heteroatoms. The monoisotopic (exact) mass is 558 g/mol. The van der Waals surface area contributed by atoms with Crippen LogP contribution in [0.3, 0.4) is 0 Å². The van der Waals surface area contributed by atoms with Crippen LogP contribution >= 0.6 is 23.1 Å². The first-order chi connectivity index (χ1) is 19.0. The molecular formula is C29H26N4O4S2. The number of benzene rings is 2. The van der Waals surface area contributed by atoms with E-state index in [4.69, 9.17) is 4.74 Å². The van der Waals surface area contributed by atoms with Gasteiger partial charge in [-0.1, -0.05) is 65.9 Å². The number of carbonyl (C=O) groups is 2. The molecule has 39 heavy (non-hydrogen) atoms. The number of aliphatic hydroxyl groups excluding tert-OH is 1. The van der Waals surface area contributed by atoms with Crippen LogP contribution in [0.1, 0.15) is 41.6 Å². The minimum atomic E-state index is -0.905. The quantitative estimate of drug-likeness (QED) is 0.0884. The third-order valence-corrected chi connectivity index (χ3v) is 8.26. The molecule has 0 radical (unpaired) electrons. The first kappa shape index (κ1) is 26.6. The first-order valence-electron chi connectivity index (χ1n) is 12.4. The van der Waals surface area contributed by atoms with Gasteiger partial charge >= 0.3 is 5.91 Å². The number of aryl methyl sites for hydroxylation is 1. The van der Waals surface area contributed by atoms with Crippen molar-refractivity contribution in [2.75, 3.05) is 11.5 Å². The largest absolute Gasteiger partial charge is 0.507 e. The summed E-state index contributed by atoms with van der Waals surface area (Å²) < 4.78 is 6.29. The molecule has 2 aromatic carbocycles. The molecule has 0 aliphatic carbocycles. The predicted molar refractivity (Wildman–Crippen MR) is 152 cm³/mol. The van der Waals surface area contributed by atoms with E-state index in [1.807, 2.05) is 13.8 Å². The molecule has 5 rings (SSSR count). The van der Waals surface area contributed by atoms with Crippen LogP contribution in [0, 0.1) is 6.92 Å². The highest BCUT2D eigenvalue weighted by Crippen LogP contribution is 2.44. The fraction of sp³-hybridized carbons (Fsp3) is 0.207. The highest BCUT2D eigenvalue weighted by Gasteiger charge is 2.48. The lowest BCUT2D eigenvalue weighted by molar-refractivity contribution is -0.132. The average molecular weight is 559 g/mol. The van der Waals surface area contributed by atoms with Gasteiger partial charge in [0.05, 0.1) is 18.2 Å². The van der Waals surface area contributed by atoms with Gasteiger partial charge in [0.2, 0.25) is 5.13 Å². The van der Waals surface area contributed by atoms with E-state index < -0.39 is 17.7 Å². The average Bonchev–Trinajstić information content (AvgIpc) is 3.54. The third-order valence-electron chi connectivity index (χ3n) is 6.13. The Kier molecular flexibility index (Phi) is 8.04. The fourth-order valence-corrected chi connectivity index (χ4v) is 5.98. The van der Waals surface area contributed by atoms with Gasteiger partial charge in [0.1, 0.15) is 11.5 Å². The van der Waals surface area contributed by atoms with Gasteiger partial charge in [0, 0.05) is 23.7 Å². The number of anilines is 1. The number of nitrogens with zero attached hydrogens (tertiary/aromatic N) is 4. The minimum absolute atomic E-state index is 0.0284. The first-order valence-corrected chi connectivity index (χ1v) is 14.2. The number of amides is 1. The zero-order valence-corrected chi connectivity index (χ0v) is 23.0. The second-order valence-corrected chi connectivity index (χ2v) is 11.1. The van der Waals surface area contributed by atoms with E-state index in [1.54, 1.807) is 48.8 Å². The van der Waals surface area contributed by atoms with Gasteiger partial charge in [-0.15, -0.1) is 10.2 Å². The molecule has 0 saturated carbocycles. The molecule has 1 fully saturated rings. The second-order valence-electron chi connectivity index (χ2n) is 8.95. The Morgan fingerprint density at radius 1 is 1.08 bits per heavy atom. The lowest BCUT2D eigenvalue weighted by atomic mass is 9.96. The zero-order valence-electron chi connectivity index (χ0n) is 21.4. The summed E-state index contributed by atoms with van der Waals surface area (Å²) in [6.45, 7) is 4.63. The lowest BCUT2D eigenvalue weighted by Gasteiger charge is -2.22. The smallest absolute Gasteiger partial charge is 0.301 e. The normalized spacial score (nSPS) is 16.6. The maximum absolute atomic E-state index is 13.4. The summed E-state index contributed by atoms with van der Waals surface area (Å²) in [5, 5.41) is 20.1. The third kappa shape index (κ3) is 5.71. The predicted octanol–water partition coefficient (Wildman–Crippen LogP) is 5.95. The topological polar surface area (TPSA) is 106 Å². The Morgan fingerprint density at radius 3 is 2.54 bits per heavy atom. The van der Waals surface area contributed by atoms with Crippen LogP contribution in [0.2, 0.25) is 0 Å². The number of hydrogen-bond acceptors (Lipinski definition) is 9. The molecule has 0 bridgehead atoms. The van der Waals surface area contributed by atoms with E-state index in [1.165, 1.54) is 33.6 Å². The molecule has 198 valence electrons. The second kappa shape index (κ2) is 11.8. The molecule has 1 saturated heterocycles. The zero-order chi connectivity index (χ0) is 27.4. The molecule has 0 spiro atoms. The van der Waals surface area contributed by atoms with E-state index in [9.17, 15) is 14.7 Å². The summed E-state index contributed by atoms with van der Waals surface area (Å²) in [5.74, 6) is -0.499. The summed E-state index contributed by atoms with van der Waals surface area (Å²) in [7, 11) is 0. The van der Waals surface area contributed by atoms with Crippen molar-refractivity contribution in [2.24, 2.45) is 0 Å². The summed E-state index contributed by atoms with van der Waals surface area (Å²) >= 11 is 2.73. The number of ether oxygens (including phenoxy) is 1. The number of Topliss-reactive ketones (excluding diaryl/α,β-unsaturated/α-hetero) is 1. The van der Waals surface area contributed by atoms with Crippen molar-refractivity contribution < 1.29 is 19.4 Å². The van der Waals surface area contributed by atoms with Crippen molar-refractivity contribution >= 4 is 45.7 Å². The maximum atomic E-state index is 13.4. The van der Waals surface area contributed by atoms with Gasteiger partial charge in [0.25, 0.3) is 5.78 Å². The Bertz CT molecular complexity index is 1500. The van der Waals surface area contributed by atoms with Crippen LogP contribution in [0.25, 0.3) is 5.76 Å². The lowest BCUT2D eigenvalue weighted by Crippen LogP contribution is -2.29. The van der Waals surface area contributed by atoms with Crippen LogP contribution in [0.15, 0.2) is 83.0 Å². The molecule has 8 nitrogen and oxygen atoms in total. The van der Waals surface area contributed by atoms with E-state index in [0.29, 0.717) is 33.6 Å². The SMILES string of the molecule is CCCOc1ccc(/C(O)=C2/C(=O)C(=O)N(c3nnc(SCc4ccc(C)cc4)s3)C2c2cccnc2)cc1. The van der Waals surface area contributed by atoms with Crippen LogP contribution in [0.4, 0.5) is 5.13 Å². The number of aromatic nitrogens is 3. The molecule has 3 heterocycles. The molecule has 1 unspecified atom stereocenters. The van der Waals surface area contributed by atoms with Gasteiger partial charge in [-0.2, -0.15) is 0 Å². The van der Waals surface area contributed by atoms with E-state index >= 15 is 0 Å². The van der Waals surface area contributed by atoms with E-state index in [0.717, 1.165) is 12.0 Å². The van der Waals surface area contributed by atoms with Crippen molar-refractivity contribution in [3.05, 3.63) is 101 Å². The Hall–Kier alpha value is -4.02. The maximum Gasteiger partial charge on any atom is 0.301 e. The van der Waals surface area contributed by atoms with Crippen molar-refractivity contribution in [1.29, 1.82) is 0 Å². The van der Waals surface area contributed by atoms with Crippen LogP contribution in [-0.2, 0) is 15.3 Å². The molecule has 4 aromatic rings. The van der Waals surface area contributed by atoms with Gasteiger partial charge < -0.3 is 9.84 Å². The molecule has 1 aliphatic rings. The Balaban J connectivity index is 1.48. The Morgan fingerprint density at radius 2 is 1.85 bits per heavy atom. The highest BCUT2D eigenvalue weighted by atomic mass is 32.2. The van der Waals surface area contributed by atoms with E-state index in [2.05, 4.69) is 39.4 Å². The number of aliphatic hydroxyl groups is 1. The van der Waals surface area contributed by atoms with Crippen molar-refractivity contribution in [3.63, 3.8) is 0 Å². The minimum Gasteiger partial charge on any atom is -0.507 e. The number of carbonyl (C=O) groups excluding carboxylic acids is 2. The standard InChI is InChI=1S/C29H26N4O4S2/c1-3-15-37-22-12-10-20(11-13-22)25(34)23-24(21-5-4-14-30-16-21)33(27(36)26(23)35)28-31-32-29(39-28)38-17-19-8-6-18(2)7-9-19/h4-14,16,24,34H,3,15,17H2,1-2H3/b25-23-. The van der Waals surface area contributed by atoms with Crippen molar-refractivity contribution in [2.45, 2.75) is 36.4 Å². The number of pyridine rings is 1. The van der Waals surface area contributed by atoms with Crippen molar-refractivity contribution in [3.8, 4) is 5.75 Å². The molecule has 1 amide bonds. The molecule has 2 aromatic heterocycles. The number of thioether (sulfide) groups is 1.